The third-order valence-electron chi connectivity index (χ3n) is 16.4. The fraction of sp³-hybridized carbons (Fsp3) is 0.134. The predicted octanol–water partition coefficient (Wildman–Crippen LogP) is 18.2. The van der Waals surface area contributed by atoms with Crippen LogP contribution in [0.15, 0.2) is 218 Å². The molecule has 0 radical (unpaired) electrons. The van der Waals surface area contributed by atoms with Crippen LogP contribution >= 0.6 is 0 Å². The first-order valence-electron chi connectivity index (χ1n) is 25.2. The Kier molecular flexibility index (Phi) is 8.99. The minimum absolute atomic E-state index is 0.0609. The number of rotatable bonds is 7. The van der Waals surface area contributed by atoms with Gasteiger partial charge in [-0.2, -0.15) is 0 Å². The standard InChI is InChI=1S/C67H54N4/c1-66(2)53-30-18-15-27-48(53)50-35-33-46(41-55(50)66)69(44-23-11-7-12-24-44)58-38-40-61-64(62(58)43-21-9-6-10-22-43)68(5)60-39-37-59(63-52-29-17-20-32-57(52)71(61)65(60)63)70(45-25-13-8-14-26-45)47-34-36-51-49-28-16-19-31-54(49)67(3,4)56(51)42-47/h6-17,19-29,31-42H,18,30H2,1-5H3. The molecular weight excluding hydrogens is 861 g/mol. The molecule has 1 aliphatic heterocycles. The lowest BCUT2D eigenvalue weighted by Gasteiger charge is -2.36. The fourth-order valence-electron chi connectivity index (χ4n) is 13.0. The highest BCUT2D eigenvalue weighted by Crippen LogP contribution is 2.58. The molecule has 0 unspecified atom stereocenters. The van der Waals surface area contributed by atoms with E-state index in [-0.39, 0.29) is 10.8 Å². The minimum atomic E-state index is -0.135. The summed E-state index contributed by atoms with van der Waals surface area (Å²) in [4.78, 5) is 7.45. The van der Waals surface area contributed by atoms with Crippen molar-refractivity contribution >= 4 is 72.9 Å². The lowest BCUT2D eigenvalue weighted by Crippen LogP contribution is -2.22. The minimum Gasteiger partial charge on any atom is -0.341 e. The van der Waals surface area contributed by atoms with E-state index in [4.69, 9.17) is 0 Å². The zero-order valence-electron chi connectivity index (χ0n) is 40.9. The predicted molar refractivity (Wildman–Crippen MR) is 300 cm³/mol. The van der Waals surface area contributed by atoms with Crippen molar-refractivity contribution in [2.24, 2.45) is 0 Å². The van der Waals surface area contributed by atoms with Crippen molar-refractivity contribution < 1.29 is 0 Å². The molecular formula is C67H54N4. The van der Waals surface area contributed by atoms with Crippen molar-refractivity contribution in [1.29, 1.82) is 0 Å². The second-order valence-electron chi connectivity index (χ2n) is 20.9. The zero-order valence-corrected chi connectivity index (χ0v) is 40.9. The second kappa shape index (κ2) is 15.3. The Bertz CT molecular complexity index is 3890. The van der Waals surface area contributed by atoms with E-state index in [1.807, 2.05) is 0 Å². The van der Waals surface area contributed by atoms with Gasteiger partial charge < -0.3 is 19.3 Å². The van der Waals surface area contributed by atoms with Crippen molar-refractivity contribution in [3.05, 3.63) is 240 Å². The van der Waals surface area contributed by atoms with E-state index in [2.05, 4.69) is 266 Å². The van der Waals surface area contributed by atoms with Crippen LogP contribution < -0.4 is 14.7 Å². The van der Waals surface area contributed by atoms with Crippen LogP contribution in [0.2, 0.25) is 0 Å². The van der Waals surface area contributed by atoms with Gasteiger partial charge in [0.25, 0.3) is 0 Å². The Hall–Kier alpha value is -8.34. The van der Waals surface area contributed by atoms with Gasteiger partial charge in [0.2, 0.25) is 0 Å². The quantitative estimate of drug-likeness (QED) is 0.158. The molecule has 4 heteroatoms. The van der Waals surface area contributed by atoms with E-state index < -0.39 is 0 Å². The SMILES string of the molecule is CN1c2c(ccc(N(c3ccccc3)c3ccc4c(c3)C(C)(C)C3=C4C=CCC3)c2-c2ccccc2)-n2c3ccccc3c3c(N(c4ccccc4)c4ccc5c(c4)C(C)(C)c4ccccc4-5)ccc1c32. The highest BCUT2D eigenvalue weighted by Gasteiger charge is 2.40. The second-order valence-corrected chi connectivity index (χ2v) is 20.9. The number of aromatic nitrogens is 1. The number of benzene rings is 9. The first kappa shape index (κ1) is 41.6. The van der Waals surface area contributed by atoms with E-state index in [1.54, 1.807) is 5.57 Å². The van der Waals surface area contributed by atoms with Gasteiger partial charge >= 0.3 is 0 Å². The summed E-state index contributed by atoms with van der Waals surface area (Å²) in [6, 6.07) is 74.7. The molecule has 4 nitrogen and oxygen atoms in total. The topological polar surface area (TPSA) is 14.7 Å². The van der Waals surface area contributed by atoms with Crippen molar-refractivity contribution in [2.45, 2.75) is 51.4 Å². The average Bonchev–Trinajstić information content (AvgIpc) is 3.97. The van der Waals surface area contributed by atoms with E-state index in [9.17, 15) is 0 Å². The summed E-state index contributed by atoms with van der Waals surface area (Å²) < 4.78 is 2.55. The number of allylic oxidation sites excluding steroid dienone is 4. The maximum absolute atomic E-state index is 2.55. The summed E-state index contributed by atoms with van der Waals surface area (Å²) in [5.74, 6) is 0. The van der Waals surface area contributed by atoms with Crippen LogP contribution in [-0.4, -0.2) is 11.6 Å². The molecule has 0 amide bonds. The molecule has 342 valence electrons. The summed E-state index contributed by atoms with van der Waals surface area (Å²) >= 11 is 0. The lowest BCUT2D eigenvalue weighted by molar-refractivity contribution is 0.607. The van der Waals surface area contributed by atoms with E-state index in [1.165, 1.54) is 77.6 Å². The summed E-state index contributed by atoms with van der Waals surface area (Å²) in [5, 5.41) is 2.45. The third-order valence-corrected chi connectivity index (χ3v) is 16.4. The molecule has 0 saturated carbocycles. The Morgan fingerprint density at radius 3 is 1.79 bits per heavy atom. The Morgan fingerprint density at radius 2 is 1.06 bits per heavy atom. The van der Waals surface area contributed by atoms with Crippen molar-refractivity contribution in [2.75, 3.05) is 21.7 Å². The summed E-state index contributed by atoms with van der Waals surface area (Å²) in [6.45, 7) is 9.58. The molecule has 3 aliphatic carbocycles. The highest BCUT2D eigenvalue weighted by atomic mass is 15.2. The van der Waals surface area contributed by atoms with Gasteiger partial charge in [0, 0.05) is 57.0 Å². The number of para-hydroxylation sites is 3. The van der Waals surface area contributed by atoms with Crippen molar-refractivity contribution in [1.82, 2.24) is 4.57 Å². The van der Waals surface area contributed by atoms with Gasteiger partial charge in [-0.1, -0.05) is 167 Å². The first-order chi connectivity index (χ1) is 34.7. The molecule has 0 bridgehead atoms. The van der Waals surface area contributed by atoms with Gasteiger partial charge in [0.15, 0.2) is 0 Å². The molecule has 2 heterocycles. The van der Waals surface area contributed by atoms with Gasteiger partial charge in [-0.25, -0.2) is 0 Å². The van der Waals surface area contributed by atoms with Crippen LogP contribution in [0.5, 0.6) is 0 Å². The van der Waals surface area contributed by atoms with Gasteiger partial charge in [-0.05, 0) is 136 Å². The molecule has 0 saturated heterocycles. The molecule has 10 aromatic rings. The zero-order chi connectivity index (χ0) is 47.8. The van der Waals surface area contributed by atoms with Crippen LogP contribution in [0.1, 0.15) is 62.8 Å². The number of fused-ring (bicyclic) bond motifs is 10. The molecule has 71 heavy (non-hydrogen) atoms. The molecule has 0 atom stereocenters. The van der Waals surface area contributed by atoms with Crippen LogP contribution in [0.4, 0.5) is 45.5 Å². The molecule has 4 aliphatic rings. The maximum Gasteiger partial charge on any atom is 0.0800 e. The van der Waals surface area contributed by atoms with Crippen molar-refractivity contribution in [3.63, 3.8) is 0 Å². The van der Waals surface area contributed by atoms with Crippen LogP contribution in [0.25, 0.3) is 55.3 Å². The number of anilines is 8. The molecule has 0 N–H and O–H groups in total. The molecule has 14 rings (SSSR count). The smallest absolute Gasteiger partial charge is 0.0800 e. The van der Waals surface area contributed by atoms with Gasteiger partial charge in [-0.15, -0.1) is 0 Å². The maximum atomic E-state index is 2.55. The Balaban J connectivity index is 1.01. The number of hydrogen-bond acceptors (Lipinski definition) is 3. The largest absolute Gasteiger partial charge is 0.341 e. The fourth-order valence-corrected chi connectivity index (χ4v) is 13.0. The third kappa shape index (κ3) is 5.91. The van der Waals surface area contributed by atoms with Crippen LogP contribution in [0, 0.1) is 0 Å². The van der Waals surface area contributed by atoms with E-state index >= 15 is 0 Å². The highest BCUT2D eigenvalue weighted by molar-refractivity contribution is 6.22. The molecule has 0 fully saturated rings. The lowest BCUT2D eigenvalue weighted by atomic mass is 9.78. The average molecular weight is 915 g/mol. The van der Waals surface area contributed by atoms with Crippen molar-refractivity contribution in [3.8, 4) is 27.9 Å². The monoisotopic (exact) mass is 914 g/mol. The van der Waals surface area contributed by atoms with Gasteiger partial charge in [-0.3, -0.25) is 0 Å². The summed E-state index contributed by atoms with van der Waals surface area (Å²) in [5.41, 5.74) is 26.0. The molecule has 9 aromatic carbocycles. The molecule has 0 spiro atoms. The Morgan fingerprint density at radius 1 is 0.479 bits per heavy atom. The number of hydrogen-bond donors (Lipinski definition) is 0. The van der Waals surface area contributed by atoms with Crippen LogP contribution in [0.3, 0.4) is 0 Å². The van der Waals surface area contributed by atoms with E-state index in [0.29, 0.717) is 0 Å². The Labute approximate surface area is 416 Å². The first-order valence-corrected chi connectivity index (χ1v) is 25.2. The van der Waals surface area contributed by atoms with Crippen LogP contribution in [-0.2, 0) is 10.8 Å². The molecule has 1 aromatic heterocycles. The van der Waals surface area contributed by atoms with Gasteiger partial charge in [0.05, 0.1) is 39.5 Å². The summed E-state index contributed by atoms with van der Waals surface area (Å²) in [6.07, 6.45) is 6.92. The van der Waals surface area contributed by atoms with E-state index in [0.717, 1.165) is 58.3 Å². The number of nitrogens with zero attached hydrogens (tertiary/aromatic N) is 4. The van der Waals surface area contributed by atoms with Gasteiger partial charge in [0.1, 0.15) is 0 Å². The summed E-state index contributed by atoms with van der Waals surface area (Å²) in [7, 11) is 2.27. The normalized spacial score (nSPS) is 15.4.